The average Bonchev–Trinajstić information content (AvgIpc) is 2.41. The normalized spacial score (nSPS) is 43.8. The zero-order chi connectivity index (χ0) is 12.1. The van der Waals surface area contributed by atoms with Crippen LogP contribution in [0.4, 0.5) is 0 Å². The second-order valence-corrected chi connectivity index (χ2v) is 6.08. The Kier molecular flexibility index (Phi) is 2.69. The lowest BCUT2D eigenvalue weighted by molar-refractivity contribution is -0.103. The molecule has 1 aliphatic heterocycles. The molecule has 1 fully saturated rings. The minimum atomic E-state index is -0.497. The largest absolute Gasteiger partial charge is 0.393 e. The summed E-state index contributed by atoms with van der Waals surface area (Å²) in [6, 6.07) is 0. The molecule has 3 nitrogen and oxygen atoms in total. The Morgan fingerprint density at radius 2 is 2.00 bits per heavy atom. The Hall–Kier alpha value is -0.380. The number of aliphatic hydroxyl groups excluding tert-OH is 2. The Morgan fingerprint density at radius 3 is 2.56 bits per heavy atom. The molecule has 0 radical (unpaired) electrons. The van der Waals surface area contributed by atoms with E-state index in [-0.39, 0.29) is 17.6 Å². The maximum atomic E-state index is 9.91. The number of fused-ring (bicyclic) bond motifs is 1. The van der Waals surface area contributed by atoms with Crippen LogP contribution in [0.15, 0.2) is 11.6 Å². The summed E-state index contributed by atoms with van der Waals surface area (Å²) in [6.45, 7) is 8.03. The predicted molar refractivity (Wildman–Crippen MR) is 62.1 cm³/mol. The molecule has 0 bridgehead atoms. The van der Waals surface area contributed by atoms with Gasteiger partial charge in [0, 0.05) is 6.42 Å². The van der Waals surface area contributed by atoms with Crippen molar-refractivity contribution >= 4 is 0 Å². The molecule has 1 saturated carbocycles. The molecule has 2 rings (SSSR count). The van der Waals surface area contributed by atoms with Crippen molar-refractivity contribution in [3.05, 3.63) is 11.6 Å². The topological polar surface area (TPSA) is 49.7 Å². The van der Waals surface area contributed by atoms with Crippen LogP contribution in [-0.2, 0) is 4.74 Å². The van der Waals surface area contributed by atoms with Crippen LogP contribution >= 0.6 is 0 Å². The fourth-order valence-electron chi connectivity index (χ4n) is 3.30. The van der Waals surface area contributed by atoms with Gasteiger partial charge in [0.15, 0.2) is 0 Å². The number of rotatable bonds is 1. The van der Waals surface area contributed by atoms with Crippen LogP contribution in [0.1, 0.15) is 40.5 Å². The molecule has 0 spiro atoms. The van der Waals surface area contributed by atoms with E-state index in [1.54, 1.807) is 6.92 Å². The van der Waals surface area contributed by atoms with Crippen LogP contribution in [0, 0.1) is 5.41 Å². The summed E-state index contributed by atoms with van der Waals surface area (Å²) in [6.07, 6.45) is 2.41. The van der Waals surface area contributed by atoms with Gasteiger partial charge < -0.3 is 14.9 Å². The van der Waals surface area contributed by atoms with Crippen molar-refractivity contribution in [2.24, 2.45) is 5.41 Å². The van der Waals surface area contributed by atoms with E-state index in [1.807, 2.05) is 6.92 Å². The Labute approximate surface area is 97.1 Å². The van der Waals surface area contributed by atoms with Crippen molar-refractivity contribution in [2.75, 3.05) is 0 Å². The van der Waals surface area contributed by atoms with Gasteiger partial charge in [0.25, 0.3) is 0 Å². The monoisotopic (exact) mass is 226 g/mol. The predicted octanol–water partition coefficient (Wildman–Crippen LogP) is 1.63. The Balaban J connectivity index is 2.34. The molecule has 4 atom stereocenters. The lowest BCUT2D eigenvalue weighted by Crippen LogP contribution is -2.45. The van der Waals surface area contributed by atoms with Gasteiger partial charge in [-0.15, -0.1) is 0 Å². The van der Waals surface area contributed by atoms with Crippen LogP contribution in [0.25, 0.3) is 0 Å². The van der Waals surface area contributed by atoms with Crippen molar-refractivity contribution in [1.82, 2.24) is 0 Å². The van der Waals surface area contributed by atoms with Crippen molar-refractivity contribution in [2.45, 2.75) is 64.4 Å². The summed E-state index contributed by atoms with van der Waals surface area (Å²) < 4.78 is 5.92. The molecule has 92 valence electrons. The van der Waals surface area contributed by atoms with E-state index in [0.717, 1.165) is 6.42 Å². The second-order valence-electron chi connectivity index (χ2n) is 6.08. The molecule has 1 heterocycles. The van der Waals surface area contributed by atoms with Gasteiger partial charge in [-0.25, -0.2) is 0 Å². The molecular formula is C13H22O3. The SMILES string of the molecule is C[C@@H](O)[C@@H]1C=C2C(C)(C)C[C@H](O)C[C@@]2(C)O1. The van der Waals surface area contributed by atoms with E-state index in [2.05, 4.69) is 19.9 Å². The molecule has 0 unspecified atom stereocenters. The van der Waals surface area contributed by atoms with Crippen LogP contribution in [0.3, 0.4) is 0 Å². The van der Waals surface area contributed by atoms with Crippen LogP contribution in [-0.4, -0.2) is 34.1 Å². The third-order valence-corrected chi connectivity index (χ3v) is 3.87. The van der Waals surface area contributed by atoms with Gasteiger partial charge in [-0.2, -0.15) is 0 Å². The first kappa shape index (κ1) is 12.1. The van der Waals surface area contributed by atoms with Crippen molar-refractivity contribution in [3.8, 4) is 0 Å². The highest BCUT2D eigenvalue weighted by Gasteiger charge is 2.50. The molecule has 16 heavy (non-hydrogen) atoms. The van der Waals surface area contributed by atoms with Crippen LogP contribution in [0.5, 0.6) is 0 Å². The summed E-state index contributed by atoms with van der Waals surface area (Å²) in [7, 11) is 0. The summed E-state index contributed by atoms with van der Waals surface area (Å²) in [5.41, 5.74) is 0.787. The highest BCUT2D eigenvalue weighted by Crippen LogP contribution is 2.51. The maximum absolute atomic E-state index is 9.91. The van der Waals surface area contributed by atoms with E-state index >= 15 is 0 Å². The molecule has 0 amide bonds. The number of ether oxygens (including phenoxy) is 1. The second kappa shape index (κ2) is 3.56. The third kappa shape index (κ3) is 1.81. The Bertz CT molecular complexity index is 319. The number of aliphatic hydroxyl groups is 2. The molecule has 0 saturated heterocycles. The quantitative estimate of drug-likeness (QED) is 0.668. The lowest BCUT2D eigenvalue weighted by Gasteiger charge is -2.44. The van der Waals surface area contributed by atoms with Gasteiger partial charge >= 0.3 is 0 Å². The molecule has 1 aliphatic carbocycles. The molecule has 0 aromatic heterocycles. The fourth-order valence-corrected chi connectivity index (χ4v) is 3.30. The lowest BCUT2D eigenvalue weighted by atomic mass is 9.65. The van der Waals surface area contributed by atoms with E-state index in [1.165, 1.54) is 5.57 Å². The van der Waals surface area contributed by atoms with Crippen molar-refractivity contribution in [1.29, 1.82) is 0 Å². The highest BCUT2D eigenvalue weighted by atomic mass is 16.5. The van der Waals surface area contributed by atoms with E-state index < -0.39 is 11.7 Å². The van der Waals surface area contributed by atoms with Gasteiger partial charge in [0.2, 0.25) is 0 Å². The molecule has 3 heteroatoms. The first-order valence-corrected chi connectivity index (χ1v) is 6.01. The molecule has 2 aliphatic rings. The third-order valence-electron chi connectivity index (χ3n) is 3.87. The molecule has 0 aromatic rings. The zero-order valence-corrected chi connectivity index (χ0v) is 10.5. The summed E-state index contributed by atoms with van der Waals surface area (Å²) in [4.78, 5) is 0. The highest BCUT2D eigenvalue weighted by molar-refractivity contribution is 5.32. The van der Waals surface area contributed by atoms with Crippen LogP contribution < -0.4 is 0 Å². The maximum Gasteiger partial charge on any atom is 0.103 e. The van der Waals surface area contributed by atoms with E-state index in [4.69, 9.17) is 4.74 Å². The van der Waals surface area contributed by atoms with Gasteiger partial charge in [-0.1, -0.05) is 19.9 Å². The van der Waals surface area contributed by atoms with Gasteiger partial charge in [0.05, 0.1) is 17.8 Å². The number of hydrogen-bond donors (Lipinski definition) is 2. The average molecular weight is 226 g/mol. The van der Waals surface area contributed by atoms with Crippen LogP contribution in [0.2, 0.25) is 0 Å². The number of hydrogen-bond acceptors (Lipinski definition) is 3. The van der Waals surface area contributed by atoms with Crippen molar-refractivity contribution in [3.63, 3.8) is 0 Å². The van der Waals surface area contributed by atoms with Gasteiger partial charge in [-0.05, 0) is 31.3 Å². The minimum absolute atomic E-state index is 0.0456. The van der Waals surface area contributed by atoms with Crippen molar-refractivity contribution < 1.29 is 14.9 Å². The molecule has 2 N–H and O–H groups in total. The molecule has 0 aromatic carbocycles. The summed E-state index contributed by atoms with van der Waals surface area (Å²) in [5, 5.41) is 19.5. The van der Waals surface area contributed by atoms with Gasteiger partial charge in [-0.3, -0.25) is 0 Å². The van der Waals surface area contributed by atoms with E-state index in [9.17, 15) is 10.2 Å². The first-order valence-electron chi connectivity index (χ1n) is 6.01. The first-order chi connectivity index (χ1) is 7.24. The Morgan fingerprint density at radius 1 is 1.38 bits per heavy atom. The minimum Gasteiger partial charge on any atom is -0.393 e. The summed E-state index contributed by atoms with van der Waals surface area (Å²) in [5.74, 6) is 0. The molecular weight excluding hydrogens is 204 g/mol. The van der Waals surface area contributed by atoms with E-state index in [0.29, 0.717) is 6.42 Å². The standard InChI is InChI=1S/C13H22O3/c1-8(14)10-5-11-12(2,3)6-9(15)7-13(11,4)16-10/h5,8-10,14-15H,6-7H2,1-4H3/t8-,9+,10+,13-/m1/s1. The smallest absolute Gasteiger partial charge is 0.103 e. The summed E-state index contributed by atoms with van der Waals surface area (Å²) >= 11 is 0. The zero-order valence-electron chi connectivity index (χ0n) is 10.5. The fraction of sp³-hybridized carbons (Fsp3) is 0.846. The van der Waals surface area contributed by atoms with Gasteiger partial charge in [0.1, 0.15) is 6.10 Å².